The minimum atomic E-state index is -1.36. The van der Waals surface area contributed by atoms with E-state index in [1.807, 2.05) is 0 Å². The van der Waals surface area contributed by atoms with Gasteiger partial charge in [0, 0.05) is 0 Å². The van der Waals surface area contributed by atoms with E-state index < -0.39 is 23.9 Å². The molecule has 0 saturated carbocycles. The number of hydrogen-bond acceptors (Lipinski definition) is 8. The van der Waals surface area contributed by atoms with Crippen molar-refractivity contribution in [3.8, 4) is 0 Å². The Morgan fingerprint density at radius 2 is 1.69 bits per heavy atom. The number of carboxylic acids is 2. The van der Waals surface area contributed by atoms with E-state index in [0.717, 1.165) is 37.3 Å². The van der Waals surface area contributed by atoms with Crippen LogP contribution in [0.4, 0.5) is 5.69 Å². The van der Waals surface area contributed by atoms with Gasteiger partial charge in [0.1, 0.15) is 12.4 Å². The predicted molar refractivity (Wildman–Crippen MR) is 84.7 cm³/mol. The molecule has 1 aromatic carbocycles. The fourth-order valence-electron chi connectivity index (χ4n) is 2.40. The number of aromatic carboxylic acids is 2. The lowest BCUT2D eigenvalue weighted by atomic mass is 10.1. The molecular weight excluding hydrogens is 350 g/mol. The minimum absolute atomic E-state index is 0.140. The first-order valence-corrected chi connectivity index (χ1v) is 7.17. The molecule has 0 bridgehead atoms. The number of carboxylic acid groups (broad SMARTS) is 2. The van der Waals surface area contributed by atoms with E-state index in [2.05, 4.69) is 9.47 Å². The van der Waals surface area contributed by atoms with Crippen molar-refractivity contribution in [3.63, 3.8) is 0 Å². The molecule has 1 aliphatic rings. The third-order valence-electron chi connectivity index (χ3n) is 3.60. The summed E-state index contributed by atoms with van der Waals surface area (Å²) in [5.74, 6) is -4.43. The van der Waals surface area contributed by atoms with Crippen molar-refractivity contribution in [1.29, 1.82) is 0 Å². The Morgan fingerprint density at radius 1 is 1.04 bits per heavy atom. The molecule has 1 aliphatic heterocycles. The number of benzene rings is 1. The monoisotopic (exact) mass is 365 g/mol. The molecule has 0 atom stereocenters. The average molecular weight is 365 g/mol. The number of ether oxygens (including phenoxy) is 3. The Balaban J connectivity index is 2.73. The average Bonchev–Trinajstić information content (AvgIpc) is 2.65. The van der Waals surface area contributed by atoms with Crippen LogP contribution in [-0.4, -0.2) is 61.6 Å². The summed E-state index contributed by atoms with van der Waals surface area (Å²) in [7, 11) is 2.20. The van der Waals surface area contributed by atoms with Crippen LogP contribution in [-0.2, 0) is 23.8 Å². The number of carbonyl (C=O) groups excluding carboxylic acids is 2. The molecule has 0 unspecified atom stereocenters. The standard InChI is InChI=1S/C16H15NO9/c1-24-15(22)10-6-26-7-17(12(10)16(23)25-2)11-5-8(13(18)19)3-4-9(11)14(20)21/h3-5H,6-7H2,1-2H3,(H,18,19)(H,20,21). The number of methoxy groups -OCH3 is 2. The van der Waals surface area contributed by atoms with Gasteiger partial charge in [-0.3, -0.25) is 0 Å². The maximum atomic E-state index is 12.2. The van der Waals surface area contributed by atoms with Gasteiger partial charge in [-0.15, -0.1) is 0 Å². The van der Waals surface area contributed by atoms with Crippen LogP contribution in [0.15, 0.2) is 29.5 Å². The fourth-order valence-corrected chi connectivity index (χ4v) is 2.40. The molecule has 0 amide bonds. The maximum absolute atomic E-state index is 12.2. The molecular formula is C16H15NO9. The largest absolute Gasteiger partial charge is 0.478 e. The Bertz CT molecular complexity index is 812. The number of rotatable bonds is 5. The highest BCUT2D eigenvalue weighted by Gasteiger charge is 2.34. The molecule has 0 spiro atoms. The number of anilines is 1. The third-order valence-corrected chi connectivity index (χ3v) is 3.60. The van der Waals surface area contributed by atoms with Gasteiger partial charge in [0.05, 0.1) is 43.2 Å². The van der Waals surface area contributed by atoms with E-state index in [1.165, 1.54) is 0 Å². The molecule has 0 aromatic heterocycles. The molecule has 2 rings (SSSR count). The van der Waals surface area contributed by atoms with Crippen LogP contribution < -0.4 is 4.90 Å². The highest BCUT2D eigenvalue weighted by atomic mass is 16.5. The van der Waals surface area contributed by atoms with Crippen molar-refractivity contribution >= 4 is 29.6 Å². The van der Waals surface area contributed by atoms with Crippen molar-refractivity contribution in [2.75, 3.05) is 32.5 Å². The molecule has 0 fully saturated rings. The van der Waals surface area contributed by atoms with Crippen LogP contribution in [0.3, 0.4) is 0 Å². The van der Waals surface area contributed by atoms with Gasteiger partial charge in [0.25, 0.3) is 0 Å². The molecule has 0 radical (unpaired) electrons. The van der Waals surface area contributed by atoms with Gasteiger partial charge in [-0.2, -0.15) is 0 Å². The second kappa shape index (κ2) is 7.66. The molecule has 1 aromatic rings. The van der Waals surface area contributed by atoms with Crippen molar-refractivity contribution in [2.24, 2.45) is 0 Å². The molecule has 10 heteroatoms. The molecule has 1 heterocycles. The summed E-state index contributed by atoms with van der Waals surface area (Å²) in [6, 6.07) is 3.27. The fraction of sp³-hybridized carbons (Fsp3) is 0.250. The Morgan fingerprint density at radius 3 is 2.23 bits per heavy atom. The van der Waals surface area contributed by atoms with E-state index in [-0.39, 0.29) is 41.4 Å². The zero-order valence-corrected chi connectivity index (χ0v) is 13.8. The normalized spacial score (nSPS) is 14.0. The van der Waals surface area contributed by atoms with Gasteiger partial charge in [-0.05, 0) is 18.2 Å². The van der Waals surface area contributed by atoms with Gasteiger partial charge < -0.3 is 29.3 Å². The second-order valence-electron chi connectivity index (χ2n) is 5.06. The lowest BCUT2D eigenvalue weighted by Gasteiger charge is -2.32. The van der Waals surface area contributed by atoms with Crippen LogP contribution >= 0.6 is 0 Å². The van der Waals surface area contributed by atoms with Crippen LogP contribution in [0.25, 0.3) is 0 Å². The van der Waals surface area contributed by atoms with E-state index in [0.29, 0.717) is 0 Å². The third kappa shape index (κ3) is 3.49. The number of hydrogen-bond donors (Lipinski definition) is 2. The summed E-state index contributed by atoms with van der Waals surface area (Å²) in [6.07, 6.45) is 0. The zero-order valence-electron chi connectivity index (χ0n) is 13.8. The topological polar surface area (TPSA) is 140 Å². The molecule has 26 heavy (non-hydrogen) atoms. The van der Waals surface area contributed by atoms with Gasteiger partial charge in [0.15, 0.2) is 0 Å². The highest BCUT2D eigenvalue weighted by Crippen LogP contribution is 2.30. The van der Waals surface area contributed by atoms with Gasteiger partial charge in [-0.1, -0.05) is 0 Å². The van der Waals surface area contributed by atoms with Crippen LogP contribution in [0.5, 0.6) is 0 Å². The summed E-state index contributed by atoms with van der Waals surface area (Å²) < 4.78 is 14.5. The molecule has 0 saturated heterocycles. The summed E-state index contributed by atoms with van der Waals surface area (Å²) in [6.45, 7) is -0.553. The van der Waals surface area contributed by atoms with Crippen LogP contribution in [0, 0.1) is 0 Å². The summed E-state index contributed by atoms with van der Waals surface area (Å²) in [5, 5.41) is 18.6. The Labute approximate surface area is 147 Å². The Kier molecular flexibility index (Phi) is 5.58. The van der Waals surface area contributed by atoms with E-state index in [1.54, 1.807) is 0 Å². The van der Waals surface area contributed by atoms with Gasteiger partial charge in [0.2, 0.25) is 0 Å². The summed E-state index contributed by atoms with van der Waals surface area (Å²) in [5.41, 5.74) is -1.09. The quantitative estimate of drug-likeness (QED) is 0.708. The lowest BCUT2D eigenvalue weighted by Crippen LogP contribution is -2.39. The Hall–Kier alpha value is -3.40. The first-order chi connectivity index (χ1) is 12.3. The summed E-state index contributed by atoms with van der Waals surface area (Å²) in [4.78, 5) is 48.0. The smallest absolute Gasteiger partial charge is 0.355 e. The highest BCUT2D eigenvalue weighted by molar-refractivity contribution is 6.06. The first kappa shape index (κ1) is 18.9. The van der Waals surface area contributed by atoms with Gasteiger partial charge >= 0.3 is 23.9 Å². The van der Waals surface area contributed by atoms with Crippen molar-refractivity contribution in [3.05, 3.63) is 40.6 Å². The molecule has 138 valence electrons. The number of carbonyl (C=O) groups is 4. The van der Waals surface area contributed by atoms with Gasteiger partial charge in [-0.25, -0.2) is 19.2 Å². The second-order valence-corrected chi connectivity index (χ2v) is 5.06. The predicted octanol–water partition coefficient (Wildman–Crippen LogP) is 0.477. The van der Waals surface area contributed by atoms with E-state index >= 15 is 0 Å². The lowest BCUT2D eigenvalue weighted by molar-refractivity contribution is -0.140. The first-order valence-electron chi connectivity index (χ1n) is 7.17. The molecule has 0 aliphatic carbocycles. The SMILES string of the molecule is COC(=O)C1=C(C(=O)OC)N(c2cc(C(=O)O)ccc2C(=O)O)COC1. The van der Waals surface area contributed by atoms with E-state index in [4.69, 9.17) is 9.84 Å². The van der Waals surface area contributed by atoms with Crippen molar-refractivity contribution < 1.29 is 43.6 Å². The van der Waals surface area contributed by atoms with E-state index in [9.17, 15) is 24.3 Å². The van der Waals surface area contributed by atoms with Crippen molar-refractivity contribution in [2.45, 2.75) is 0 Å². The number of nitrogens with zero attached hydrogens (tertiary/aromatic N) is 1. The summed E-state index contributed by atoms with van der Waals surface area (Å²) >= 11 is 0. The zero-order chi connectivity index (χ0) is 19.4. The van der Waals surface area contributed by atoms with Crippen molar-refractivity contribution in [1.82, 2.24) is 0 Å². The maximum Gasteiger partial charge on any atom is 0.355 e. The minimum Gasteiger partial charge on any atom is -0.478 e. The van der Waals surface area contributed by atoms with Crippen LogP contribution in [0.2, 0.25) is 0 Å². The number of esters is 2. The van der Waals surface area contributed by atoms with Crippen LogP contribution in [0.1, 0.15) is 20.7 Å². The molecule has 10 nitrogen and oxygen atoms in total. The molecule has 2 N–H and O–H groups in total.